The Kier molecular flexibility index (Phi) is 9.68. The molecule has 1 heterocycles. The fourth-order valence-corrected chi connectivity index (χ4v) is 5.55. The number of aryl methyl sites for hydroxylation is 2. The predicted molar refractivity (Wildman–Crippen MR) is 166 cm³/mol. The Morgan fingerprint density at radius 2 is 1.60 bits per heavy atom. The molecule has 10 heteroatoms. The molecule has 2 N–H and O–H groups in total. The van der Waals surface area contributed by atoms with E-state index in [2.05, 4.69) is 10.6 Å². The number of halogens is 4. The number of hydrogen-bond acceptors (Lipinski definition) is 4. The normalized spacial score (nSPS) is 12.7. The van der Waals surface area contributed by atoms with Crippen LogP contribution in [0.1, 0.15) is 62.5 Å². The van der Waals surface area contributed by atoms with Gasteiger partial charge in [0, 0.05) is 23.6 Å². The summed E-state index contributed by atoms with van der Waals surface area (Å²) in [5, 5.41) is 6.08. The van der Waals surface area contributed by atoms with Crippen molar-refractivity contribution in [1.82, 2.24) is 10.6 Å². The zero-order valence-corrected chi connectivity index (χ0v) is 25.6. The first-order valence-electron chi connectivity index (χ1n) is 14.5. The van der Waals surface area contributed by atoms with Crippen LogP contribution < -0.4 is 15.4 Å². The highest BCUT2D eigenvalue weighted by molar-refractivity contribution is 6.32. The van der Waals surface area contributed by atoms with Gasteiger partial charge < -0.3 is 19.8 Å². The molecule has 1 aliphatic rings. The third-order valence-electron chi connectivity index (χ3n) is 7.67. The Morgan fingerprint density at radius 1 is 0.911 bits per heavy atom. The van der Waals surface area contributed by atoms with Gasteiger partial charge in [0.2, 0.25) is 5.91 Å². The number of benzene rings is 3. The third kappa shape index (κ3) is 7.60. The van der Waals surface area contributed by atoms with Crippen molar-refractivity contribution in [2.24, 2.45) is 0 Å². The summed E-state index contributed by atoms with van der Waals surface area (Å²) in [6, 6.07) is 19.8. The second kappa shape index (κ2) is 13.6. The van der Waals surface area contributed by atoms with Crippen molar-refractivity contribution in [3.8, 4) is 5.75 Å². The maximum absolute atomic E-state index is 13.3. The monoisotopic (exact) mass is 636 g/mol. The van der Waals surface area contributed by atoms with E-state index in [0.717, 1.165) is 44.7 Å². The van der Waals surface area contributed by atoms with Gasteiger partial charge in [-0.05, 0) is 90.4 Å². The number of rotatable bonds is 11. The van der Waals surface area contributed by atoms with Gasteiger partial charge in [0.1, 0.15) is 11.5 Å². The molecule has 5 rings (SSSR count). The molecule has 1 aliphatic carbocycles. The van der Waals surface area contributed by atoms with Crippen molar-refractivity contribution >= 4 is 29.0 Å². The fourth-order valence-electron chi connectivity index (χ4n) is 5.44. The van der Waals surface area contributed by atoms with Crippen molar-refractivity contribution in [3.63, 3.8) is 0 Å². The molecule has 0 atom stereocenters. The second-order valence-electron chi connectivity index (χ2n) is 10.9. The SMILES string of the molecule is Cc1cc(OCCCC2=C(C(=O)NCc3ccc(C(=O)NCc4ccccc4C(F)(F)F)o3)Cc3ccccc32)cc(C)c1Cl. The van der Waals surface area contributed by atoms with Gasteiger partial charge in [-0.2, -0.15) is 13.2 Å². The summed E-state index contributed by atoms with van der Waals surface area (Å²) in [6.07, 6.45) is -2.69. The van der Waals surface area contributed by atoms with Crippen LogP contribution in [0.25, 0.3) is 5.57 Å². The minimum absolute atomic E-state index is 0.0362. The number of allylic oxidation sites excluding steroid dienone is 1. The first-order chi connectivity index (χ1) is 21.5. The van der Waals surface area contributed by atoms with E-state index in [4.69, 9.17) is 20.8 Å². The predicted octanol–water partition coefficient (Wildman–Crippen LogP) is 7.98. The van der Waals surface area contributed by atoms with Gasteiger partial charge in [0.15, 0.2) is 5.76 Å². The number of ether oxygens (including phenoxy) is 1. The highest BCUT2D eigenvalue weighted by Gasteiger charge is 2.33. The van der Waals surface area contributed by atoms with Gasteiger partial charge in [-0.3, -0.25) is 9.59 Å². The van der Waals surface area contributed by atoms with Crippen LogP contribution in [0.3, 0.4) is 0 Å². The van der Waals surface area contributed by atoms with E-state index in [9.17, 15) is 22.8 Å². The molecule has 0 radical (unpaired) electrons. The van der Waals surface area contributed by atoms with E-state index in [1.807, 2.05) is 50.2 Å². The molecular formula is C35H32ClF3N2O4. The van der Waals surface area contributed by atoms with Crippen LogP contribution in [-0.4, -0.2) is 18.4 Å². The molecule has 6 nitrogen and oxygen atoms in total. The standard InChI is InChI=1S/C35H32ClF3N2O4/c1-21-16-26(17-22(2)32(21)36)44-15-7-11-28-27-10-5-3-8-23(27)18-29(28)33(42)41-20-25-13-14-31(45-25)34(43)40-19-24-9-4-6-12-30(24)35(37,38)39/h3-6,8-10,12-14,16-17H,7,11,15,18-20H2,1-2H3,(H,40,43)(H,41,42). The number of furan rings is 1. The van der Waals surface area contributed by atoms with E-state index >= 15 is 0 Å². The number of carbonyl (C=O) groups excluding carboxylic acids is 2. The van der Waals surface area contributed by atoms with Crippen molar-refractivity contribution < 1.29 is 31.9 Å². The largest absolute Gasteiger partial charge is 0.494 e. The van der Waals surface area contributed by atoms with Crippen LogP contribution in [0.5, 0.6) is 5.75 Å². The Hall–Kier alpha value is -4.50. The minimum atomic E-state index is -4.53. The number of nitrogens with one attached hydrogen (secondary N) is 2. The lowest BCUT2D eigenvalue weighted by Crippen LogP contribution is -2.25. The summed E-state index contributed by atoms with van der Waals surface area (Å²) in [5.41, 5.74) is 4.80. The maximum atomic E-state index is 13.3. The lowest BCUT2D eigenvalue weighted by atomic mass is 10.0. The van der Waals surface area contributed by atoms with E-state index in [0.29, 0.717) is 37.2 Å². The summed E-state index contributed by atoms with van der Waals surface area (Å²) in [4.78, 5) is 25.9. The molecule has 0 saturated heterocycles. The molecule has 0 unspecified atom stereocenters. The molecule has 3 aromatic carbocycles. The molecule has 0 aliphatic heterocycles. The Morgan fingerprint density at radius 3 is 2.36 bits per heavy atom. The Balaban J connectivity index is 1.18. The summed E-state index contributed by atoms with van der Waals surface area (Å²) >= 11 is 6.27. The third-order valence-corrected chi connectivity index (χ3v) is 8.26. The minimum Gasteiger partial charge on any atom is -0.494 e. The summed E-state index contributed by atoms with van der Waals surface area (Å²) in [6.45, 7) is 4.07. The number of amides is 2. The van der Waals surface area contributed by atoms with Gasteiger partial charge in [0.05, 0.1) is 18.7 Å². The zero-order chi connectivity index (χ0) is 32.1. The summed E-state index contributed by atoms with van der Waals surface area (Å²) in [5.74, 6) is 0.127. The van der Waals surface area contributed by atoms with Crippen LogP contribution in [-0.2, 0) is 30.5 Å². The summed E-state index contributed by atoms with van der Waals surface area (Å²) in [7, 11) is 0. The second-order valence-corrected chi connectivity index (χ2v) is 11.3. The number of fused-ring (bicyclic) bond motifs is 1. The van der Waals surface area contributed by atoms with Crippen molar-refractivity contribution in [2.45, 2.75) is 52.4 Å². The molecule has 1 aromatic heterocycles. The van der Waals surface area contributed by atoms with Gasteiger partial charge in [-0.25, -0.2) is 0 Å². The molecule has 0 spiro atoms. The first-order valence-corrected chi connectivity index (χ1v) is 14.9. The maximum Gasteiger partial charge on any atom is 0.416 e. The molecule has 4 aromatic rings. The smallest absolute Gasteiger partial charge is 0.416 e. The molecular weight excluding hydrogens is 605 g/mol. The van der Waals surface area contributed by atoms with Gasteiger partial charge >= 0.3 is 6.18 Å². The van der Waals surface area contributed by atoms with Gasteiger partial charge in [-0.15, -0.1) is 0 Å². The Labute approximate surface area is 264 Å². The van der Waals surface area contributed by atoms with E-state index in [1.165, 1.54) is 24.3 Å². The molecule has 0 bridgehead atoms. The zero-order valence-electron chi connectivity index (χ0n) is 24.8. The number of carbonyl (C=O) groups is 2. The number of hydrogen-bond donors (Lipinski definition) is 2. The van der Waals surface area contributed by atoms with E-state index in [1.54, 1.807) is 6.07 Å². The van der Waals surface area contributed by atoms with Crippen molar-refractivity contribution in [2.75, 3.05) is 6.61 Å². The highest BCUT2D eigenvalue weighted by Crippen LogP contribution is 2.36. The van der Waals surface area contributed by atoms with Crippen LogP contribution in [0.15, 0.2) is 82.8 Å². The summed E-state index contributed by atoms with van der Waals surface area (Å²) < 4.78 is 51.4. The van der Waals surface area contributed by atoms with Crippen molar-refractivity contribution in [1.29, 1.82) is 0 Å². The number of alkyl halides is 3. The quantitative estimate of drug-likeness (QED) is 0.164. The fraction of sp³-hybridized carbons (Fsp3) is 0.257. The molecule has 0 fully saturated rings. The van der Waals surface area contributed by atoms with Crippen LogP contribution in [0.4, 0.5) is 13.2 Å². The highest BCUT2D eigenvalue weighted by atomic mass is 35.5. The molecule has 0 saturated carbocycles. The first kappa shape index (κ1) is 31.9. The van der Waals surface area contributed by atoms with Crippen LogP contribution in [0.2, 0.25) is 5.02 Å². The van der Waals surface area contributed by atoms with E-state index < -0.39 is 17.6 Å². The lowest BCUT2D eigenvalue weighted by molar-refractivity contribution is -0.138. The molecule has 45 heavy (non-hydrogen) atoms. The average Bonchev–Trinajstić information content (AvgIpc) is 3.64. The molecule has 234 valence electrons. The van der Waals surface area contributed by atoms with Crippen molar-refractivity contribution in [3.05, 3.63) is 128 Å². The molecule has 2 amide bonds. The van der Waals surface area contributed by atoms with Crippen LogP contribution in [0, 0.1) is 13.8 Å². The van der Waals surface area contributed by atoms with Crippen LogP contribution >= 0.6 is 11.6 Å². The van der Waals surface area contributed by atoms with Gasteiger partial charge in [0.25, 0.3) is 5.91 Å². The topological polar surface area (TPSA) is 80.6 Å². The lowest BCUT2D eigenvalue weighted by Gasteiger charge is -2.12. The Bertz CT molecular complexity index is 1740. The van der Waals surface area contributed by atoms with Gasteiger partial charge in [-0.1, -0.05) is 54.1 Å². The average molecular weight is 637 g/mol. The van der Waals surface area contributed by atoms with E-state index in [-0.39, 0.29) is 30.3 Å².